The maximum absolute atomic E-state index is 13.1. The van der Waals surface area contributed by atoms with E-state index in [-0.39, 0.29) is 10.5 Å². The largest absolute Gasteiger partial charge is 0.423 e. The Hall–Kier alpha value is -2.83. The minimum absolute atomic E-state index is 0.0461. The van der Waals surface area contributed by atoms with E-state index in [2.05, 4.69) is 0 Å². The summed E-state index contributed by atoms with van der Waals surface area (Å²) < 4.78 is 32.9. The van der Waals surface area contributed by atoms with E-state index in [1.807, 2.05) is 18.2 Å². The van der Waals surface area contributed by atoms with Gasteiger partial charge in [-0.05, 0) is 54.4 Å². The predicted octanol–water partition coefficient (Wildman–Crippen LogP) is 4.31. The van der Waals surface area contributed by atoms with Gasteiger partial charge in [-0.3, -0.25) is 4.31 Å². The van der Waals surface area contributed by atoms with E-state index in [0.29, 0.717) is 29.4 Å². The van der Waals surface area contributed by atoms with Gasteiger partial charge < -0.3 is 4.74 Å². The van der Waals surface area contributed by atoms with Crippen LogP contribution in [0.4, 0.5) is 5.69 Å². The van der Waals surface area contributed by atoms with E-state index in [4.69, 9.17) is 16.3 Å². The highest BCUT2D eigenvalue weighted by Crippen LogP contribution is 2.32. The topological polar surface area (TPSA) is 63.7 Å². The molecule has 0 aliphatic carbocycles. The van der Waals surface area contributed by atoms with Crippen molar-refractivity contribution in [1.82, 2.24) is 0 Å². The van der Waals surface area contributed by atoms with Crippen LogP contribution < -0.4 is 9.04 Å². The molecule has 0 radical (unpaired) electrons. The molecule has 142 valence electrons. The number of para-hydroxylation sites is 1. The summed E-state index contributed by atoms with van der Waals surface area (Å²) in [7, 11) is -3.78. The van der Waals surface area contributed by atoms with E-state index in [9.17, 15) is 13.2 Å². The fourth-order valence-electron chi connectivity index (χ4n) is 3.16. The molecular weight excluding hydrogens is 398 g/mol. The number of anilines is 1. The van der Waals surface area contributed by atoms with Crippen molar-refractivity contribution in [2.75, 3.05) is 10.8 Å². The lowest BCUT2D eigenvalue weighted by Gasteiger charge is -2.19. The molecule has 3 aromatic rings. The highest BCUT2D eigenvalue weighted by molar-refractivity contribution is 7.92. The highest BCUT2D eigenvalue weighted by atomic mass is 35.5. The summed E-state index contributed by atoms with van der Waals surface area (Å²) in [5.74, 6) is -0.361. The molecule has 1 aliphatic heterocycles. The average Bonchev–Trinajstić information content (AvgIpc) is 3.13. The summed E-state index contributed by atoms with van der Waals surface area (Å²) in [5.41, 5.74) is 1.81. The van der Waals surface area contributed by atoms with Gasteiger partial charge in [0.15, 0.2) is 0 Å². The zero-order valence-electron chi connectivity index (χ0n) is 14.7. The number of ether oxygens (including phenoxy) is 1. The van der Waals surface area contributed by atoms with Crippen molar-refractivity contribution in [2.45, 2.75) is 11.3 Å². The van der Waals surface area contributed by atoms with Gasteiger partial charge in [-0.15, -0.1) is 0 Å². The molecule has 0 saturated heterocycles. The molecule has 0 unspecified atom stereocenters. The zero-order valence-corrected chi connectivity index (χ0v) is 16.3. The third-order valence-corrected chi connectivity index (χ3v) is 6.55. The van der Waals surface area contributed by atoms with Gasteiger partial charge >= 0.3 is 5.97 Å². The SMILES string of the molecule is O=C(Oc1cccc(Cl)c1)c1cccc(S(=O)(=O)N2CCc3ccccc32)c1. The maximum Gasteiger partial charge on any atom is 0.343 e. The summed E-state index contributed by atoms with van der Waals surface area (Å²) in [6.45, 7) is 0.374. The Labute approximate surface area is 168 Å². The van der Waals surface area contributed by atoms with Crippen LogP contribution in [-0.4, -0.2) is 20.9 Å². The molecule has 0 fully saturated rings. The van der Waals surface area contributed by atoms with Gasteiger partial charge in [0.25, 0.3) is 10.0 Å². The van der Waals surface area contributed by atoms with Crippen LogP contribution in [0, 0.1) is 0 Å². The summed E-state index contributed by atoms with van der Waals surface area (Å²) in [5, 5.41) is 0.439. The van der Waals surface area contributed by atoms with Crippen LogP contribution >= 0.6 is 11.6 Å². The van der Waals surface area contributed by atoms with Crippen LogP contribution in [0.3, 0.4) is 0 Å². The molecule has 1 aliphatic rings. The molecule has 4 rings (SSSR count). The van der Waals surface area contributed by atoms with Gasteiger partial charge in [-0.25, -0.2) is 13.2 Å². The molecule has 28 heavy (non-hydrogen) atoms. The molecule has 0 saturated carbocycles. The smallest absolute Gasteiger partial charge is 0.343 e. The molecule has 0 N–H and O–H groups in total. The maximum atomic E-state index is 13.1. The van der Waals surface area contributed by atoms with Gasteiger partial charge in [0, 0.05) is 11.6 Å². The third-order valence-electron chi connectivity index (χ3n) is 4.51. The number of hydrogen-bond donors (Lipinski definition) is 0. The Balaban J connectivity index is 1.62. The Kier molecular flexibility index (Phi) is 4.83. The first-order valence-corrected chi connectivity index (χ1v) is 10.5. The van der Waals surface area contributed by atoms with E-state index in [1.54, 1.807) is 24.3 Å². The Bertz CT molecular complexity index is 1160. The quantitative estimate of drug-likeness (QED) is 0.472. The standard InChI is InChI=1S/C21H16ClNO4S/c22-17-7-4-8-18(14-17)27-21(24)16-6-3-9-19(13-16)28(25,26)23-12-11-15-5-1-2-10-20(15)23/h1-10,13-14H,11-12H2. The van der Waals surface area contributed by atoms with Crippen molar-refractivity contribution in [2.24, 2.45) is 0 Å². The zero-order chi connectivity index (χ0) is 19.7. The molecule has 0 aromatic heterocycles. The van der Waals surface area contributed by atoms with Crippen molar-refractivity contribution in [3.05, 3.63) is 88.9 Å². The molecule has 0 atom stereocenters. The number of nitrogens with zero attached hydrogens (tertiary/aromatic N) is 1. The molecule has 3 aromatic carbocycles. The van der Waals surface area contributed by atoms with Crippen molar-refractivity contribution < 1.29 is 17.9 Å². The second-order valence-electron chi connectivity index (χ2n) is 6.33. The fourth-order valence-corrected chi connectivity index (χ4v) is 4.89. The molecular formula is C21H16ClNO4S. The highest BCUT2D eigenvalue weighted by Gasteiger charge is 2.31. The lowest BCUT2D eigenvalue weighted by Crippen LogP contribution is -2.29. The number of rotatable bonds is 4. The van der Waals surface area contributed by atoms with Gasteiger partial charge in [0.1, 0.15) is 5.75 Å². The molecule has 5 nitrogen and oxygen atoms in total. The van der Waals surface area contributed by atoms with E-state index in [1.165, 1.54) is 34.6 Å². The molecule has 0 amide bonds. The van der Waals surface area contributed by atoms with E-state index < -0.39 is 16.0 Å². The number of sulfonamides is 1. The van der Waals surface area contributed by atoms with E-state index in [0.717, 1.165) is 5.56 Å². The van der Waals surface area contributed by atoms with E-state index >= 15 is 0 Å². The van der Waals surface area contributed by atoms with Crippen LogP contribution in [0.15, 0.2) is 77.7 Å². The van der Waals surface area contributed by atoms with Gasteiger partial charge in [0.05, 0.1) is 16.1 Å². The van der Waals surface area contributed by atoms with Crippen LogP contribution in [0.1, 0.15) is 15.9 Å². The number of carbonyl (C=O) groups excluding carboxylic acids is 1. The Morgan fingerprint density at radius 1 is 0.964 bits per heavy atom. The number of halogens is 1. The normalized spacial score (nSPS) is 13.2. The summed E-state index contributed by atoms with van der Waals surface area (Å²) in [6.07, 6.45) is 0.659. The molecule has 0 bridgehead atoms. The number of esters is 1. The van der Waals surface area contributed by atoms with Crippen LogP contribution in [0.25, 0.3) is 0 Å². The Morgan fingerprint density at radius 2 is 1.75 bits per heavy atom. The van der Waals surface area contributed by atoms with Crippen LogP contribution in [-0.2, 0) is 16.4 Å². The minimum Gasteiger partial charge on any atom is -0.423 e. The van der Waals surface area contributed by atoms with Crippen LogP contribution in [0.2, 0.25) is 5.02 Å². The lowest BCUT2D eigenvalue weighted by atomic mass is 10.2. The van der Waals surface area contributed by atoms with Crippen molar-refractivity contribution in [3.8, 4) is 5.75 Å². The number of hydrogen-bond acceptors (Lipinski definition) is 4. The first-order valence-electron chi connectivity index (χ1n) is 8.63. The second kappa shape index (κ2) is 7.30. The predicted molar refractivity (Wildman–Crippen MR) is 108 cm³/mol. The fraction of sp³-hybridized carbons (Fsp3) is 0.0952. The first kappa shape index (κ1) is 18.5. The average molecular weight is 414 g/mol. The number of fused-ring (bicyclic) bond motifs is 1. The van der Waals surface area contributed by atoms with Gasteiger partial charge in [-0.2, -0.15) is 0 Å². The monoisotopic (exact) mass is 413 g/mol. The summed E-state index contributed by atoms with van der Waals surface area (Å²) in [4.78, 5) is 12.5. The summed E-state index contributed by atoms with van der Waals surface area (Å²) >= 11 is 5.90. The number of carbonyl (C=O) groups is 1. The van der Waals surface area contributed by atoms with Crippen molar-refractivity contribution in [1.29, 1.82) is 0 Å². The number of benzene rings is 3. The third kappa shape index (κ3) is 3.48. The van der Waals surface area contributed by atoms with Crippen LogP contribution in [0.5, 0.6) is 5.75 Å². The van der Waals surface area contributed by atoms with Gasteiger partial charge in [-0.1, -0.05) is 41.9 Å². The Morgan fingerprint density at radius 3 is 2.57 bits per heavy atom. The first-order chi connectivity index (χ1) is 13.4. The molecule has 0 spiro atoms. The molecule has 1 heterocycles. The van der Waals surface area contributed by atoms with Crippen molar-refractivity contribution in [3.63, 3.8) is 0 Å². The second-order valence-corrected chi connectivity index (χ2v) is 8.63. The molecule has 7 heteroatoms. The lowest BCUT2D eigenvalue weighted by molar-refractivity contribution is 0.0734. The van der Waals surface area contributed by atoms with Gasteiger partial charge in [0.2, 0.25) is 0 Å². The van der Waals surface area contributed by atoms with Crippen molar-refractivity contribution >= 4 is 33.3 Å². The minimum atomic E-state index is -3.78. The summed E-state index contributed by atoms with van der Waals surface area (Å²) in [6, 6.07) is 19.7.